The summed E-state index contributed by atoms with van der Waals surface area (Å²) in [4.78, 5) is 11.9. The van der Waals surface area contributed by atoms with E-state index in [0.29, 0.717) is 13.0 Å². The van der Waals surface area contributed by atoms with Gasteiger partial charge < -0.3 is 14.3 Å². The van der Waals surface area contributed by atoms with Crippen molar-refractivity contribution >= 4 is 5.97 Å². The number of hydrogen-bond donors (Lipinski definition) is 1. The van der Waals surface area contributed by atoms with Crippen LogP contribution in [-0.4, -0.2) is 55.5 Å². The maximum atomic E-state index is 11.9. The summed E-state index contributed by atoms with van der Waals surface area (Å²) in [6.45, 7) is 5.88. The molecule has 0 radical (unpaired) electrons. The molecular weight excluding hydrogens is 314 g/mol. The number of carbonyl (C=O) groups is 1. The first kappa shape index (κ1) is 24.4. The van der Waals surface area contributed by atoms with Gasteiger partial charge in [-0.2, -0.15) is 0 Å². The topological polar surface area (TPSA) is 46.5 Å². The van der Waals surface area contributed by atoms with Crippen molar-refractivity contribution in [3.8, 4) is 0 Å². The molecule has 0 rings (SSSR count). The van der Waals surface area contributed by atoms with E-state index in [1.54, 1.807) is 0 Å². The first-order chi connectivity index (χ1) is 11.9. The molecule has 25 heavy (non-hydrogen) atoms. The molecule has 1 atom stereocenters. The van der Waals surface area contributed by atoms with Crippen LogP contribution in [0, 0.1) is 0 Å². The summed E-state index contributed by atoms with van der Waals surface area (Å²) < 4.78 is 6.17. The van der Waals surface area contributed by atoms with Gasteiger partial charge >= 0.3 is 5.97 Å². The minimum Gasteiger partial charge on any atom is -0.454 e. The van der Waals surface area contributed by atoms with Crippen LogP contribution in [0.5, 0.6) is 0 Å². The molecule has 0 fully saturated rings. The van der Waals surface area contributed by atoms with Gasteiger partial charge in [-0.3, -0.25) is 4.79 Å². The zero-order valence-electron chi connectivity index (χ0n) is 17.4. The van der Waals surface area contributed by atoms with Gasteiger partial charge in [-0.05, 0) is 13.3 Å². The molecule has 0 aliphatic heterocycles. The molecular formula is C21H44NO3+. The van der Waals surface area contributed by atoms with Crippen LogP contribution in [0.2, 0.25) is 0 Å². The smallest absolute Gasteiger partial charge is 0.306 e. The van der Waals surface area contributed by atoms with Crippen molar-refractivity contribution in [2.75, 3.05) is 33.8 Å². The highest BCUT2D eigenvalue weighted by Gasteiger charge is 2.23. The van der Waals surface area contributed by atoms with Crippen LogP contribution in [0.15, 0.2) is 0 Å². The number of ether oxygens (including phenoxy) is 1. The Hall–Kier alpha value is -0.610. The zero-order valence-corrected chi connectivity index (χ0v) is 17.4. The second-order valence-electron chi connectivity index (χ2n) is 8.01. The van der Waals surface area contributed by atoms with Gasteiger partial charge in [-0.25, -0.2) is 0 Å². The first-order valence-electron chi connectivity index (χ1n) is 10.6. The Balaban J connectivity index is 3.57. The molecule has 0 bridgehead atoms. The van der Waals surface area contributed by atoms with Gasteiger partial charge in [0.05, 0.1) is 27.2 Å². The van der Waals surface area contributed by atoms with E-state index in [1.807, 2.05) is 0 Å². The number of rotatable bonds is 17. The SMILES string of the molecule is CCCCCCCCCCCCCC(=O)OC(CO)C[N+](C)(C)CC. The molecule has 0 amide bonds. The van der Waals surface area contributed by atoms with E-state index in [4.69, 9.17) is 4.74 Å². The van der Waals surface area contributed by atoms with Crippen molar-refractivity contribution in [3.63, 3.8) is 0 Å². The van der Waals surface area contributed by atoms with Gasteiger partial charge in [0.25, 0.3) is 0 Å². The Morgan fingerprint density at radius 2 is 1.36 bits per heavy atom. The van der Waals surface area contributed by atoms with E-state index in [9.17, 15) is 9.90 Å². The fourth-order valence-electron chi connectivity index (χ4n) is 2.99. The third kappa shape index (κ3) is 15.4. The summed E-state index contributed by atoms with van der Waals surface area (Å²) in [6.07, 6.45) is 14.1. The number of aliphatic hydroxyl groups excluding tert-OH is 1. The standard InChI is InChI=1S/C21H44NO3/c1-5-7-8-9-10-11-12-13-14-15-16-17-21(24)25-20(19-23)18-22(3,4)6-2/h20,23H,5-19H2,1-4H3/q+1. The Bertz CT molecular complexity index is 318. The lowest BCUT2D eigenvalue weighted by Gasteiger charge is -2.31. The number of quaternary nitrogens is 1. The highest BCUT2D eigenvalue weighted by molar-refractivity contribution is 5.69. The number of aliphatic hydroxyl groups is 1. The van der Waals surface area contributed by atoms with Crippen LogP contribution in [-0.2, 0) is 9.53 Å². The molecule has 0 saturated heterocycles. The molecule has 0 aromatic heterocycles. The lowest BCUT2D eigenvalue weighted by Crippen LogP contribution is -2.47. The molecule has 0 aromatic carbocycles. The van der Waals surface area contributed by atoms with E-state index in [0.717, 1.165) is 23.9 Å². The third-order valence-electron chi connectivity index (χ3n) is 5.04. The predicted octanol–water partition coefficient (Wildman–Crippen LogP) is 4.69. The molecule has 0 saturated carbocycles. The molecule has 4 nitrogen and oxygen atoms in total. The molecule has 0 aliphatic rings. The fourth-order valence-corrected chi connectivity index (χ4v) is 2.99. The number of esters is 1. The Kier molecular flexibility index (Phi) is 15.2. The highest BCUT2D eigenvalue weighted by Crippen LogP contribution is 2.12. The van der Waals surface area contributed by atoms with Gasteiger partial charge in [-0.1, -0.05) is 71.1 Å². The van der Waals surface area contributed by atoms with Crippen LogP contribution in [0.3, 0.4) is 0 Å². The van der Waals surface area contributed by atoms with E-state index < -0.39 is 0 Å². The lowest BCUT2D eigenvalue weighted by atomic mass is 10.1. The van der Waals surface area contributed by atoms with Crippen molar-refractivity contribution in [1.29, 1.82) is 0 Å². The summed E-state index contributed by atoms with van der Waals surface area (Å²) in [5.41, 5.74) is 0. The number of likely N-dealkylation sites (N-methyl/N-ethyl adjacent to an activating group) is 1. The summed E-state index contributed by atoms with van der Waals surface area (Å²) in [7, 11) is 4.17. The predicted molar refractivity (Wildman–Crippen MR) is 106 cm³/mol. The van der Waals surface area contributed by atoms with Crippen molar-refractivity contribution in [2.24, 2.45) is 0 Å². The molecule has 1 unspecified atom stereocenters. The van der Waals surface area contributed by atoms with Crippen LogP contribution < -0.4 is 0 Å². The fraction of sp³-hybridized carbons (Fsp3) is 0.952. The summed E-state index contributed by atoms with van der Waals surface area (Å²) in [5.74, 6) is -0.161. The number of hydrogen-bond acceptors (Lipinski definition) is 3. The zero-order chi connectivity index (χ0) is 19.0. The average Bonchev–Trinajstić information content (AvgIpc) is 2.58. The van der Waals surface area contributed by atoms with Gasteiger partial charge in [-0.15, -0.1) is 0 Å². The number of unbranched alkanes of at least 4 members (excludes halogenated alkanes) is 10. The molecule has 150 valence electrons. The quantitative estimate of drug-likeness (QED) is 0.233. The third-order valence-corrected chi connectivity index (χ3v) is 5.04. The Labute approximate surface area is 156 Å². The average molecular weight is 359 g/mol. The van der Waals surface area contributed by atoms with Crippen LogP contribution in [0.25, 0.3) is 0 Å². The monoisotopic (exact) mass is 358 g/mol. The van der Waals surface area contributed by atoms with Crippen molar-refractivity contribution in [3.05, 3.63) is 0 Å². The van der Waals surface area contributed by atoms with E-state index >= 15 is 0 Å². The minimum atomic E-state index is -0.379. The van der Waals surface area contributed by atoms with Crippen molar-refractivity contribution < 1.29 is 19.1 Å². The normalized spacial score (nSPS) is 13.0. The summed E-state index contributed by atoms with van der Waals surface area (Å²) in [6, 6.07) is 0. The minimum absolute atomic E-state index is 0.0916. The van der Waals surface area contributed by atoms with Gasteiger partial charge in [0.2, 0.25) is 0 Å². The van der Waals surface area contributed by atoms with Crippen molar-refractivity contribution in [1.82, 2.24) is 0 Å². The summed E-state index contributed by atoms with van der Waals surface area (Å²) in [5, 5.41) is 9.41. The molecule has 4 heteroatoms. The van der Waals surface area contributed by atoms with Gasteiger partial charge in [0, 0.05) is 6.42 Å². The number of nitrogens with zero attached hydrogens (tertiary/aromatic N) is 1. The molecule has 0 spiro atoms. The second-order valence-corrected chi connectivity index (χ2v) is 8.01. The number of carbonyl (C=O) groups excluding carboxylic acids is 1. The maximum absolute atomic E-state index is 11.9. The van der Waals surface area contributed by atoms with Gasteiger partial charge in [0.15, 0.2) is 6.10 Å². The molecule has 0 heterocycles. The lowest BCUT2D eigenvalue weighted by molar-refractivity contribution is -0.891. The van der Waals surface area contributed by atoms with E-state index in [2.05, 4.69) is 27.9 Å². The van der Waals surface area contributed by atoms with Crippen LogP contribution >= 0.6 is 0 Å². The molecule has 0 aromatic rings. The van der Waals surface area contributed by atoms with Crippen LogP contribution in [0.1, 0.15) is 90.9 Å². The van der Waals surface area contributed by atoms with E-state index in [-0.39, 0.29) is 18.7 Å². The molecule has 1 N–H and O–H groups in total. The van der Waals surface area contributed by atoms with Gasteiger partial charge in [0.1, 0.15) is 6.54 Å². The summed E-state index contributed by atoms with van der Waals surface area (Å²) >= 11 is 0. The highest BCUT2D eigenvalue weighted by atomic mass is 16.6. The maximum Gasteiger partial charge on any atom is 0.306 e. The van der Waals surface area contributed by atoms with E-state index in [1.165, 1.54) is 57.8 Å². The van der Waals surface area contributed by atoms with Crippen LogP contribution in [0.4, 0.5) is 0 Å². The largest absolute Gasteiger partial charge is 0.454 e. The first-order valence-corrected chi connectivity index (χ1v) is 10.6. The Morgan fingerprint density at radius 3 is 1.80 bits per heavy atom. The second kappa shape index (κ2) is 15.6. The van der Waals surface area contributed by atoms with Crippen molar-refractivity contribution in [2.45, 2.75) is 97.0 Å². The molecule has 0 aliphatic carbocycles. The Morgan fingerprint density at radius 1 is 0.880 bits per heavy atom.